The summed E-state index contributed by atoms with van der Waals surface area (Å²) in [5.41, 5.74) is 7.60. The molecule has 1 aliphatic heterocycles. The zero-order valence-electron chi connectivity index (χ0n) is 20.9. The molecule has 0 unspecified atom stereocenters. The highest BCUT2D eigenvalue weighted by Gasteiger charge is 2.18. The SMILES string of the molecule is c1ccc(COc2cncc(-c3cnc4n[nH]c(-c5cc6c(N7CCCCC7)ccnc6[nH]5)c4c3)c2)cc1. The second-order valence-corrected chi connectivity index (χ2v) is 9.70. The number of nitrogens with one attached hydrogen (secondary N) is 2. The zero-order valence-corrected chi connectivity index (χ0v) is 20.9. The van der Waals surface area contributed by atoms with Crippen molar-refractivity contribution in [3.63, 3.8) is 0 Å². The van der Waals surface area contributed by atoms with Gasteiger partial charge in [0.1, 0.15) is 18.0 Å². The van der Waals surface area contributed by atoms with Gasteiger partial charge in [0.25, 0.3) is 0 Å². The van der Waals surface area contributed by atoms with Crippen LogP contribution in [0.5, 0.6) is 5.75 Å². The first-order valence-corrected chi connectivity index (χ1v) is 13.0. The molecule has 38 heavy (non-hydrogen) atoms. The van der Waals surface area contributed by atoms with Gasteiger partial charge < -0.3 is 14.6 Å². The molecule has 0 amide bonds. The number of H-pyrrole nitrogens is 2. The number of rotatable bonds is 6. The van der Waals surface area contributed by atoms with Gasteiger partial charge in [-0.2, -0.15) is 5.10 Å². The molecule has 7 rings (SSSR count). The smallest absolute Gasteiger partial charge is 0.181 e. The van der Waals surface area contributed by atoms with Gasteiger partial charge in [-0.15, -0.1) is 0 Å². The van der Waals surface area contributed by atoms with Crippen molar-refractivity contribution in [2.75, 3.05) is 18.0 Å². The number of hydrogen-bond acceptors (Lipinski definition) is 6. The predicted molar refractivity (Wildman–Crippen MR) is 149 cm³/mol. The van der Waals surface area contributed by atoms with Crippen molar-refractivity contribution in [1.29, 1.82) is 0 Å². The van der Waals surface area contributed by atoms with Gasteiger partial charge in [0.2, 0.25) is 0 Å². The molecule has 1 aromatic carbocycles. The fourth-order valence-corrected chi connectivity index (χ4v) is 5.22. The van der Waals surface area contributed by atoms with E-state index in [9.17, 15) is 0 Å². The van der Waals surface area contributed by atoms with E-state index in [1.807, 2.05) is 55.0 Å². The van der Waals surface area contributed by atoms with Crippen molar-refractivity contribution in [3.8, 4) is 28.3 Å². The Morgan fingerprint density at radius 1 is 0.842 bits per heavy atom. The summed E-state index contributed by atoms with van der Waals surface area (Å²) in [6, 6.07) is 18.5. The molecule has 0 spiro atoms. The highest BCUT2D eigenvalue weighted by Crippen LogP contribution is 2.34. The molecule has 0 radical (unpaired) electrons. The Kier molecular flexibility index (Phi) is 5.69. The van der Waals surface area contributed by atoms with Crippen LogP contribution in [0.25, 0.3) is 44.6 Å². The summed E-state index contributed by atoms with van der Waals surface area (Å²) >= 11 is 0. The van der Waals surface area contributed by atoms with Gasteiger partial charge in [-0.25, -0.2) is 9.97 Å². The van der Waals surface area contributed by atoms with Crippen LogP contribution in [0.4, 0.5) is 5.69 Å². The topological polar surface area (TPSA) is 95.6 Å². The monoisotopic (exact) mass is 501 g/mol. The molecular weight excluding hydrogens is 474 g/mol. The first-order chi connectivity index (χ1) is 18.8. The summed E-state index contributed by atoms with van der Waals surface area (Å²) in [5, 5.41) is 9.72. The standard InChI is InChI=1S/C30H27N7O/c1-3-7-20(8-4-1)19-38-23-13-21(16-31-18-23)22-14-25-28(35-36-30(25)33-17-22)26-15-24-27(9-10-32-29(24)34-26)37-11-5-2-6-12-37/h1,3-4,7-10,13-18H,2,5-6,11-12,19H2,(H,32,34)(H,33,35,36). The number of ether oxygens (including phenoxy) is 1. The molecule has 6 heterocycles. The first-order valence-electron chi connectivity index (χ1n) is 13.0. The molecule has 0 bridgehead atoms. The second kappa shape index (κ2) is 9.63. The van der Waals surface area contributed by atoms with Crippen molar-refractivity contribution in [2.45, 2.75) is 25.9 Å². The van der Waals surface area contributed by atoms with E-state index < -0.39 is 0 Å². The molecule has 1 aliphatic rings. The van der Waals surface area contributed by atoms with Crippen LogP contribution in [-0.2, 0) is 6.61 Å². The van der Waals surface area contributed by atoms with Crippen molar-refractivity contribution < 1.29 is 4.74 Å². The summed E-state index contributed by atoms with van der Waals surface area (Å²) in [6.45, 7) is 2.66. The molecule has 0 saturated carbocycles. The number of pyridine rings is 3. The number of aromatic nitrogens is 6. The minimum Gasteiger partial charge on any atom is -0.487 e. The van der Waals surface area contributed by atoms with Gasteiger partial charge in [-0.05, 0) is 49.1 Å². The Bertz CT molecular complexity index is 1720. The number of hydrogen-bond donors (Lipinski definition) is 2. The maximum atomic E-state index is 6.00. The minimum absolute atomic E-state index is 0.489. The van der Waals surface area contributed by atoms with Crippen molar-refractivity contribution in [1.82, 2.24) is 30.1 Å². The fourth-order valence-electron chi connectivity index (χ4n) is 5.22. The number of piperidine rings is 1. The maximum absolute atomic E-state index is 6.00. The van der Waals surface area contributed by atoms with Crippen LogP contribution < -0.4 is 9.64 Å². The lowest BCUT2D eigenvalue weighted by Gasteiger charge is -2.29. The van der Waals surface area contributed by atoms with Gasteiger partial charge in [-0.3, -0.25) is 10.1 Å². The van der Waals surface area contributed by atoms with E-state index in [1.54, 1.807) is 6.20 Å². The van der Waals surface area contributed by atoms with E-state index in [0.717, 1.165) is 57.6 Å². The van der Waals surface area contributed by atoms with Crippen LogP contribution in [0.1, 0.15) is 24.8 Å². The Labute approximate surface area is 219 Å². The highest BCUT2D eigenvalue weighted by atomic mass is 16.5. The summed E-state index contributed by atoms with van der Waals surface area (Å²) in [4.78, 5) is 19.6. The molecule has 0 aliphatic carbocycles. The predicted octanol–water partition coefficient (Wildman–Crippen LogP) is 6.13. The highest BCUT2D eigenvalue weighted by molar-refractivity contribution is 5.98. The Balaban J connectivity index is 1.22. The van der Waals surface area contributed by atoms with Gasteiger partial charge in [-0.1, -0.05) is 30.3 Å². The van der Waals surface area contributed by atoms with E-state index in [-0.39, 0.29) is 0 Å². The molecular formula is C30H27N7O. The van der Waals surface area contributed by atoms with E-state index in [2.05, 4.69) is 53.2 Å². The Morgan fingerprint density at radius 3 is 2.61 bits per heavy atom. The number of anilines is 1. The Hall–Kier alpha value is -4.72. The van der Waals surface area contributed by atoms with Crippen LogP contribution in [0.3, 0.4) is 0 Å². The molecule has 0 atom stereocenters. The van der Waals surface area contributed by atoms with Gasteiger partial charge in [0, 0.05) is 59.3 Å². The summed E-state index contributed by atoms with van der Waals surface area (Å²) in [7, 11) is 0. The first kappa shape index (κ1) is 22.5. The molecule has 8 heteroatoms. The minimum atomic E-state index is 0.489. The van der Waals surface area contributed by atoms with Crippen LogP contribution in [0.15, 0.2) is 79.4 Å². The van der Waals surface area contributed by atoms with Crippen LogP contribution in [-0.4, -0.2) is 43.2 Å². The third-order valence-corrected chi connectivity index (χ3v) is 7.18. The largest absolute Gasteiger partial charge is 0.487 e. The van der Waals surface area contributed by atoms with Gasteiger partial charge >= 0.3 is 0 Å². The van der Waals surface area contributed by atoms with E-state index in [0.29, 0.717) is 18.0 Å². The second-order valence-electron chi connectivity index (χ2n) is 9.70. The zero-order chi connectivity index (χ0) is 25.3. The van der Waals surface area contributed by atoms with E-state index in [1.165, 1.54) is 24.9 Å². The number of benzene rings is 1. The fraction of sp³-hybridized carbons (Fsp3) is 0.200. The molecule has 1 saturated heterocycles. The number of aromatic amines is 2. The summed E-state index contributed by atoms with van der Waals surface area (Å²) in [6.07, 6.45) is 11.0. The lowest BCUT2D eigenvalue weighted by Crippen LogP contribution is -2.29. The lowest BCUT2D eigenvalue weighted by atomic mass is 10.1. The Morgan fingerprint density at radius 2 is 1.71 bits per heavy atom. The summed E-state index contributed by atoms with van der Waals surface area (Å²) < 4.78 is 6.00. The van der Waals surface area contributed by atoms with Crippen LogP contribution in [0, 0.1) is 0 Å². The van der Waals surface area contributed by atoms with Crippen molar-refractivity contribution in [3.05, 3.63) is 84.9 Å². The van der Waals surface area contributed by atoms with Crippen molar-refractivity contribution in [2.24, 2.45) is 0 Å². The molecule has 8 nitrogen and oxygen atoms in total. The van der Waals surface area contributed by atoms with Gasteiger partial charge in [0.05, 0.1) is 17.6 Å². The molecule has 6 aromatic rings. The molecule has 2 N–H and O–H groups in total. The average Bonchev–Trinajstić information content (AvgIpc) is 3.61. The van der Waals surface area contributed by atoms with Crippen LogP contribution in [0.2, 0.25) is 0 Å². The number of nitrogens with zero attached hydrogens (tertiary/aromatic N) is 5. The number of fused-ring (bicyclic) bond motifs is 2. The van der Waals surface area contributed by atoms with Crippen molar-refractivity contribution >= 4 is 27.8 Å². The normalized spacial score (nSPS) is 13.8. The maximum Gasteiger partial charge on any atom is 0.181 e. The van der Waals surface area contributed by atoms with Gasteiger partial charge in [0.15, 0.2) is 5.65 Å². The quantitative estimate of drug-likeness (QED) is 0.285. The molecule has 188 valence electrons. The molecule has 1 fully saturated rings. The lowest BCUT2D eigenvalue weighted by molar-refractivity contribution is 0.305. The van der Waals surface area contributed by atoms with E-state index >= 15 is 0 Å². The van der Waals surface area contributed by atoms with Crippen LogP contribution >= 0.6 is 0 Å². The third kappa shape index (κ3) is 4.24. The average molecular weight is 502 g/mol. The van der Waals surface area contributed by atoms with E-state index in [4.69, 9.17) is 4.74 Å². The summed E-state index contributed by atoms with van der Waals surface area (Å²) in [5.74, 6) is 0.714. The third-order valence-electron chi connectivity index (χ3n) is 7.18. The molecule has 5 aromatic heterocycles.